The first-order valence-corrected chi connectivity index (χ1v) is 7.15. The molecule has 1 N–H and O–H groups in total. The van der Waals surface area contributed by atoms with E-state index in [0.717, 1.165) is 5.56 Å². The van der Waals surface area contributed by atoms with Gasteiger partial charge in [-0.3, -0.25) is 0 Å². The van der Waals surface area contributed by atoms with Gasteiger partial charge in [-0.25, -0.2) is 4.39 Å². The van der Waals surface area contributed by atoms with Crippen LogP contribution in [-0.4, -0.2) is 7.05 Å². The van der Waals surface area contributed by atoms with Gasteiger partial charge in [0.1, 0.15) is 5.82 Å². The summed E-state index contributed by atoms with van der Waals surface area (Å²) in [6, 6.07) is 10.1. The predicted molar refractivity (Wildman–Crippen MR) is 81.5 cm³/mol. The van der Waals surface area contributed by atoms with Gasteiger partial charge in [-0.2, -0.15) is 0 Å². The van der Waals surface area contributed by atoms with Gasteiger partial charge in [-0.05, 0) is 52.8 Å². The minimum atomic E-state index is -0.311. The molecule has 0 bridgehead atoms. The van der Waals surface area contributed by atoms with E-state index in [1.54, 1.807) is 43.4 Å². The van der Waals surface area contributed by atoms with Crippen molar-refractivity contribution < 1.29 is 4.39 Å². The first-order chi connectivity index (χ1) is 9.02. The highest BCUT2D eigenvalue weighted by molar-refractivity contribution is 9.10. The van der Waals surface area contributed by atoms with Crippen LogP contribution in [0.15, 0.2) is 40.9 Å². The fraction of sp³-hybridized carbons (Fsp3) is 0.143. The lowest BCUT2D eigenvalue weighted by molar-refractivity contribution is 0.571. The van der Waals surface area contributed by atoms with E-state index in [4.69, 9.17) is 23.2 Å². The van der Waals surface area contributed by atoms with Crippen molar-refractivity contribution in [2.24, 2.45) is 0 Å². The Bertz CT molecular complexity index is 584. The van der Waals surface area contributed by atoms with Gasteiger partial charge < -0.3 is 5.32 Å². The highest BCUT2D eigenvalue weighted by Gasteiger charge is 2.18. The molecule has 100 valence electrons. The van der Waals surface area contributed by atoms with Gasteiger partial charge in [-0.1, -0.05) is 35.3 Å². The van der Waals surface area contributed by atoms with Gasteiger partial charge in [0.2, 0.25) is 0 Å². The molecule has 1 atom stereocenters. The summed E-state index contributed by atoms with van der Waals surface area (Å²) in [5.74, 6) is -0.294. The maximum Gasteiger partial charge on any atom is 0.142 e. The fourth-order valence-electron chi connectivity index (χ4n) is 1.99. The molecule has 0 aliphatic carbocycles. The maximum atomic E-state index is 14.2. The van der Waals surface area contributed by atoms with Crippen LogP contribution in [0.3, 0.4) is 0 Å². The molecule has 0 spiro atoms. The zero-order valence-corrected chi connectivity index (χ0v) is 13.2. The number of nitrogens with one attached hydrogen (secondary N) is 1. The third kappa shape index (κ3) is 3.29. The summed E-state index contributed by atoms with van der Waals surface area (Å²) in [7, 11) is 1.76. The van der Waals surface area contributed by atoms with Crippen molar-refractivity contribution in [1.82, 2.24) is 5.32 Å². The minimum Gasteiger partial charge on any atom is -0.309 e. The molecule has 2 aromatic carbocycles. The smallest absolute Gasteiger partial charge is 0.142 e. The van der Waals surface area contributed by atoms with Crippen molar-refractivity contribution in [3.05, 3.63) is 67.9 Å². The summed E-state index contributed by atoms with van der Waals surface area (Å²) in [5.41, 5.74) is 1.35. The summed E-state index contributed by atoms with van der Waals surface area (Å²) in [6.45, 7) is 0. The van der Waals surface area contributed by atoms with Gasteiger partial charge >= 0.3 is 0 Å². The molecule has 2 aromatic rings. The average molecular weight is 363 g/mol. The van der Waals surface area contributed by atoms with E-state index in [9.17, 15) is 4.39 Å². The van der Waals surface area contributed by atoms with Crippen LogP contribution in [0.4, 0.5) is 4.39 Å². The lowest BCUT2D eigenvalue weighted by atomic mass is 9.98. The monoisotopic (exact) mass is 361 g/mol. The van der Waals surface area contributed by atoms with Gasteiger partial charge in [0.15, 0.2) is 0 Å². The number of hydrogen-bond acceptors (Lipinski definition) is 1. The number of benzene rings is 2. The van der Waals surface area contributed by atoms with Crippen molar-refractivity contribution in [3.63, 3.8) is 0 Å². The van der Waals surface area contributed by atoms with Crippen LogP contribution in [0.25, 0.3) is 0 Å². The Kier molecular flexibility index (Phi) is 4.85. The molecule has 19 heavy (non-hydrogen) atoms. The maximum absolute atomic E-state index is 14.2. The Hall–Kier alpha value is -0.610. The summed E-state index contributed by atoms with van der Waals surface area (Å²) >= 11 is 15.2. The van der Waals surface area contributed by atoms with E-state index in [1.807, 2.05) is 0 Å². The van der Waals surface area contributed by atoms with Crippen molar-refractivity contribution in [1.29, 1.82) is 0 Å². The number of rotatable bonds is 3. The highest BCUT2D eigenvalue weighted by Crippen LogP contribution is 2.31. The Balaban J connectivity index is 2.53. The van der Waals surface area contributed by atoms with E-state index >= 15 is 0 Å². The third-order valence-corrected chi connectivity index (χ3v) is 3.85. The molecule has 0 fully saturated rings. The molecule has 5 heteroatoms. The number of halogens is 4. The Morgan fingerprint density at radius 2 is 1.79 bits per heavy atom. The standard InChI is InChI=1S/C14H11BrCl2FN/c1-19-14(8-5-9(16)7-10(17)6-8)11-3-2-4-12(15)13(11)18/h2-7,14,19H,1H3. The van der Waals surface area contributed by atoms with Gasteiger partial charge in [0.25, 0.3) is 0 Å². The SMILES string of the molecule is CNC(c1cc(Cl)cc(Cl)c1)c1cccc(Br)c1F. The number of hydrogen-bond donors (Lipinski definition) is 1. The summed E-state index contributed by atoms with van der Waals surface area (Å²) in [6.07, 6.45) is 0. The van der Waals surface area contributed by atoms with Crippen LogP contribution in [0.1, 0.15) is 17.2 Å². The molecule has 0 aliphatic heterocycles. The van der Waals surface area contributed by atoms with Gasteiger partial charge in [-0.15, -0.1) is 0 Å². The largest absolute Gasteiger partial charge is 0.309 e. The Labute approximate surface area is 129 Å². The van der Waals surface area contributed by atoms with Gasteiger partial charge in [0, 0.05) is 15.6 Å². The van der Waals surface area contributed by atoms with Crippen molar-refractivity contribution in [3.8, 4) is 0 Å². The molecular formula is C14H11BrCl2FN. The summed E-state index contributed by atoms with van der Waals surface area (Å²) < 4.78 is 14.6. The van der Waals surface area contributed by atoms with Crippen LogP contribution in [-0.2, 0) is 0 Å². The van der Waals surface area contributed by atoms with Crippen LogP contribution >= 0.6 is 39.1 Å². The van der Waals surface area contributed by atoms with Crippen LogP contribution in [0.2, 0.25) is 10.0 Å². The second-order valence-electron chi connectivity index (χ2n) is 4.07. The van der Waals surface area contributed by atoms with Crippen LogP contribution in [0, 0.1) is 5.82 Å². The van der Waals surface area contributed by atoms with Crippen LogP contribution < -0.4 is 5.32 Å². The fourth-order valence-corrected chi connectivity index (χ4v) is 2.91. The Morgan fingerprint density at radius 1 is 1.16 bits per heavy atom. The molecule has 0 aromatic heterocycles. The third-order valence-electron chi connectivity index (χ3n) is 2.80. The molecule has 0 radical (unpaired) electrons. The van der Waals surface area contributed by atoms with Crippen molar-refractivity contribution >= 4 is 39.1 Å². The average Bonchev–Trinajstić information content (AvgIpc) is 2.34. The Morgan fingerprint density at radius 3 is 2.37 bits per heavy atom. The molecule has 1 nitrogen and oxygen atoms in total. The molecule has 1 unspecified atom stereocenters. The normalized spacial score (nSPS) is 12.5. The van der Waals surface area contributed by atoms with E-state index in [-0.39, 0.29) is 11.9 Å². The molecule has 0 heterocycles. The zero-order chi connectivity index (χ0) is 14.0. The quantitative estimate of drug-likeness (QED) is 0.790. The summed E-state index contributed by atoms with van der Waals surface area (Å²) in [5, 5.41) is 4.13. The van der Waals surface area contributed by atoms with E-state index in [0.29, 0.717) is 20.1 Å². The van der Waals surface area contributed by atoms with Crippen LogP contribution in [0.5, 0.6) is 0 Å². The van der Waals surface area contributed by atoms with Crippen molar-refractivity contribution in [2.45, 2.75) is 6.04 Å². The lowest BCUT2D eigenvalue weighted by Gasteiger charge is -2.19. The molecule has 2 rings (SSSR count). The molecule has 0 amide bonds. The molecule has 0 saturated heterocycles. The second-order valence-corrected chi connectivity index (χ2v) is 5.79. The molecule has 0 saturated carbocycles. The minimum absolute atomic E-state index is 0.294. The molecular weight excluding hydrogens is 352 g/mol. The van der Waals surface area contributed by atoms with E-state index in [2.05, 4.69) is 21.2 Å². The second kappa shape index (κ2) is 6.23. The molecule has 0 aliphatic rings. The predicted octanol–water partition coefficient (Wildman–Crippen LogP) is 5.20. The van der Waals surface area contributed by atoms with Crippen molar-refractivity contribution in [2.75, 3.05) is 7.05 Å². The topological polar surface area (TPSA) is 12.0 Å². The first kappa shape index (κ1) is 14.8. The van der Waals surface area contributed by atoms with E-state index < -0.39 is 0 Å². The zero-order valence-electron chi connectivity index (χ0n) is 10.1. The first-order valence-electron chi connectivity index (χ1n) is 5.60. The highest BCUT2D eigenvalue weighted by atomic mass is 79.9. The lowest BCUT2D eigenvalue weighted by Crippen LogP contribution is -2.19. The summed E-state index contributed by atoms with van der Waals surface area (Å²) in [4.78, 5) is 0. The van der Waals surface area contributed by atoms with Gasteiger partial charge in [0.05, 0.1) is 10.5 Å². The van der Waals surface area contributed by atoms with E-state index in [1.165, 1.54) is 0 Å².